The van der Waals surface area contributed by atoms with E-state index in [9.17, 15) is 0 Å². The minimum absolute atomic E-state index is 0.200. The van der Waals surface area contributed by atoms with Crippen LogP contribution in [0.15, 0.2) is 16.7 Å². The van der Waals surface area contributed by atoms with Gasteiger partial charge in [-0.2, -0.15) is 11.8 Å². The normalized spacial score (nSPS) is 21.1. The Morgan fingerprint density at radius 3 is 2.89 bits per heavy atom. The van der Waals surface area contributed by atoms with Crippen LogP contribution in [-0.4, -0.2) is 45.0 Å². The molecule has 0 radical (unpaired) electrons. The van der Waals surface area contributed by atoms with Gasteiger partial charge < -0.3 is 10.9 Å². The summed E-state index contributed by atoms with van der Waals surface area (Å²) in [5, 5.41) is 15.2. The molecule has 3 N–H and O–H groups in total. The van der Waals surface area contributed by atoms with Crippen LogP contribution in [0, 0.1) is 0 Å². The van der Waals surface area contributed by atoms with Gasteiger partial charge in [-0.1, -0.05) is 5.16 Å². The monoisotopic (exact) mass is 286 g/mol. The van der Waals surface area contributed by atoms with Crippen molar-refractivity contribution in [3.63, 3.8) is 0 Å². The number of amidine groups is 1. The topological polar surface area (TPSA) is 74.7 Å². The molecule has 5 nitrogen and oxygen atoms in total. The summed E-state index contributed by atoms with van der Waals surface area (Å²) in [5.41, 5.74) is 5.83. The second-order valence-electron chi connectivity index (χ2n) is 4.39. The minimum Gasteiger partial charge on any atom is -0.409 e. The van der Waals surface area contributed by atoms with Crippen molar-refractivity contribution < 1.29 is 5.21 Å². The average molecular weight is 286 g/mol. The van der Waals surface area contributed by atoms with Crippen molar-refractivity contribution in [2.45, 2.75) is 24.1 Å². The maximum atomic E-state index is 8.88. The Labute approximate surface area is 115 Å². The fourth-order valence-electron chi connectivity index (χ4n) is 2.25. The number of thioether (sulfide) groups is 1. The summed E-state index contributed by atoms with van der Waals surface area (Å²) in [5.74, 6) is 0.351. The van der Waals surface area contributed by atoms with Gasteiger partial charge in [-0.3, -0.25) is 4.90 Å². The Morgan fingerprint density at radius 1 is 1.67 bits per heavy atom. The molecule has 7 heteroatoms. The summed E-state index contributed by atoms with van der Waals surface area (Å²) in [6, 6.07) is 0. The third-order valence-corrected chi connectivity index (χ3v) is 5.63. The van der Waals surface area contributed by atoms with E-state index in [0.29, 0.717) is 5.84 Å². The molecule has 0 aliphatic carbocycles. The Kier molecular flexibility index (Phi) is 4.47. The Morgan fingerprint density at radius 2 is 2.39 bits per heavy atom. The zero-order valence-electron chi connectivity index (χ0n) is 10.4. The molecule has 1 aliphatic heterocycles. The number of likely N-dealkylation sites (tertiary alicyclic amines) is 1. The predicted octanol–water partition coefficient (Wildman–Crippen LogP) is 1.59. The van der Waals surface area contributed by atoms with Crippen LogP contribution < -0.4 is 5.73 Å². The lowest BCUT2D eigenvalue weighted by Gasteiger charge is -2.39. The van der Waals surface area contributed by atoms with Crippen molar-refractivity contribution in [1.82, 2.24) is 9.88 Å². The molecular weight excluding hydrogens is 268 g/mol. The minimum atomic E-state index is -0.200. The first-order valence-corrected chi connectivity index (χ1v) is 7.94. The standard InChI is InChI=1S/C11H18N4OS2/c1-17-11(10(12)14-16)2-5-15(6-3-11)8-9-13-4-7-18-9/h4,7,16H,2-3,5-6,8H2,1H3,(H2,12,14). The SMILES string of the molecule is CSC1(C(N)=NO)CCN(Cc2nccs2)CC1. The highest BCUT2D eigenvalue weighted by molar-refractivity contribution is 8.00. The molecule has 2 rings (SSSR count). The molecule has 1 saturated heterocycles. The van der Waals surface area contributed by atoms with Crippen LogP contribution in [0.2, 0.25) is 0 Å². The third kappa shape index (κ3) is 2.78. The van der Waals surface area contributed by atoms with E-state index in [1.807, 2.05) is 17.8 Å². The van der Waals surface area contributed by atoms with Crippen LogP contribution in [0.5, 0.6) is 0 Å². The quantitative estimate of drug-likeness (QED) is 0.380. The summed E-state index contributed by atoms with van der Waals surface area (Å²) in [7, 11) is 0. The van der Waals surface area contributed by atoms with E-state index in [4.69, 9.17) is 10.9 Å². The molecule has 2 heterocycles. The first-order chi connectivity index (χ1) is 8.70. The smallest absolute Gasteiger partial charge is 0.155 e. The number of hydrogen-bond acceptors (Lipinski definition) is 6. The van der Waals surface area contributed by atoms with Crippen molar-refractivity contribution in [1.29, 1.82) is 0 Å². The van der Waals surface area contributed by atoms with Crippen molar-refractivity contribution in [2.75, 3.05) is 19.3 Å². The van der Waals surface area contributed by atoms with Crippen LogP contribution in [-0.2, 0) is 6.54 Å². The van der Waals surface area contributed by atoms with Crippen molar-refractivity contribution in [3.8, 4) is 0 Å². The first kappa shape index (κ1) is 13.6. The van der Waals surface area contributed by atoms with Gasteiger partial charge >= 0.3 is 0 Å². The van der Waals surface area contributed by atoms with Crippen molar-refractivity contribution in [3.05, 3.63) is 16.6 Å². The number of aromatic nitrogens is 1. The van der Waals surface area contributed by atoms with Crippen LogP contribution in [0.25, 0.3) is 0 Å². The maximum Gasteiger partial charge on any atom is 0.155 e. The van der Waals surface area contributed by atoms with Gasteiger partial charge in [0.15, 0.2) is 5.84 Å². The highest BCUT2D eigenvalue weighted by Gasteiger charge is 2.38. The van der Waals surface area contributed by atoms with Gasteiger partial charge in [-0.05, 0) is 19.1 Å². The number of oxime groups is 1. The molecule has 0 unspecified atom stereocenters. The first-order valence-electron chi connectivity index (χ1n) is 5.84. The van der Waals surface area contributed by atoms with E-state index < -0.39 is 0 Å². The van der Waals surface area contributed by atoms with E-state index in [1.165, 1.54) is 0 Å². The molecule has 1 aliphatic rings. The Hall–Kier alpha value is -0.790. The number of nitrogens with two attached hydrogens (primary N) is 1. The molecule has 0 aromatic carbocycles. The van der Waals surface area contributed by atoms with E-state index in [2.05, 4.69) is 15.0 Å². The van der Waals surface area contributed by atoms with Gasteiger partial charge in [0.25, 0.3) is 0 Å². The largest absolute Gasteiger partial charge is 0.409 e. The van der Waals surface area contributed by atoms with E-state index in [-0.39, 0.29) is 4.75 Å². The highest BCUT2D eigenvalue weighted by Crippen LogP contribution is 2.35. The number of rotatable bonds is 4. The molecule has 0 bridgehead atoms. The van der Waals surface area contributed by atoms with Crippen molar-refractivity contribution >= 4 is 28.9 Å². The molecule has 18 heavy (non-hydrogen) atoms. The number of hydrogen-bond donors (Lipinski definition) is 2. The fourth-order valence-corrected chi connectivity index (χ4v) is 3.75. The summed E-state index contributed by atoms with van der Waals surface area (Å²) >= 11 is 3.37. The molecule has 0 saturated carbocycles. The summed E-state index contributed by atoms with van der Waals surface area (Å²) in [6.07, 6.45) is 5.69. The van der Waals surface area contributed by atoms with Crippen LogP contribution in [0.3, 0.4) is 0 Å². The molecule has 1 aromatic heterocycles. The van der Waals surface area contributed by atoms with E-state index in [1.54, 1.807) is 23.1 Å². The number of nitrogens with zero attached hydrogens (tertiary/aromatic N) is 3. The Bertz CT molecular complexity index is 399. The summed E-state index contributed by atoms with van der Waals surface area (Å²) < 4.78 is -0.200. The fraction of sp³-hybridized carbons (Fsp3) is 0.636. The van der Waals surface area contributed by atoms with Gasteiger partial charge in [0.2, 0.25) is 0 Å². The summed E-state index contributed by atoms with van der Waals surface area (Å²) in [6.45, 7) is 2.81. The van der Waals surface area contributed by atoms with Crippen LogP contribution >= 0.6 is 23.1 Å². The maximum absolute atomic E-state index is 8.88. The molecular formula is C11H18N4OS2. The van der Waals surface area contributed by atoms with Gasteiger partial charge in [-0.25, -0.2) is 4.98 Å². The molecule has 0 atom stereocenters. The van der Waals surface area contributed by atoms with E-state index >= 15 is 0 Å². The lowest BCUT2D eigenvalue weighted by atomic mass is 9.94. The van der Waals surface area contributed by atoms with Gasteiger partial charge in [-0.15, -0.1) is 11.3 Å². The third-order valence-electron chi connectivity index (χ3n) is 3.47. The van der Waals surface area contributed by atoms with Crippen molar-refractivity contribution in [2.24, 2.45) is 10.9 Å². The molecule has 1 aromatic rings. The summed E-state index contributed by atoms with van der Waals surface area (Å²) in [4.78, 5) is 6.67. The predicted molar refractivity (Wildman–Crippen MR) is 76.3 cm³/mol. The van der Waals surface area contributed by atoms with Crippen LogP contribution in [0.1, 0.15) is 17.8 Å². The second kappa shape index (κ2) is 5.90. The molecule has 0 spiro atoms. The molecule has 0 amide bonds. The second-order valence-corrected chi connectivity index (χ2v) is 6.55. The van der Waals surface area contributed by atoms with Gasteiger partial charge in [0, 0.05) is 24.7 Å². The lowest BCUT2D eigenvalue weighted by Crippen LogP contribution is -2.49. The van der Waals surface area contributed by atoms with Gasteiger partial charge in [0.1, 0.15) is 5.01 Å². The zero-order valence-corrected chi connectivity index (χ0v) is 12.0. The number of piperidine rings is 1. The lowest BCUT2D eigenvalue weighted by molar-refractivity contribution is 0.209. The average Bonchev–Trinajstić information content (AvgIpc) is 2.92. The number of thiazole rings is 1. The highest BCUT2D eigenvalue weighted by atomic mass is 32.2. The molecule has 1 fully saturated rings. The van der Waals surface area contributed by atoms with Crippen LogP contribution in [0.4, 0.5) is 0 Å². The van der Waals surface area contributed by atoms with Gasteiger partial charge in [0.05, 0.1) is 11.3 Å². The Balaban J connectivity index is 1.94. The zero-order chi connectivity index (χ0) is 13.0. The molecule has 100 valence electrons. The van der Waals surface area contributed by atoms with E-state index in [0.717, 1.165) is 37.5 Å².